The van der Waals surface area contributed by atoms with E-state index in [1.165, 1.54) is 57.8 Å². The van der Waals surface area contributed by atoms with Crippen LogP contribution in [0.3, 0.4) is 0 Å². The van der Waals surface area contributed by atoms with Crippen molar-refractivity contribution in [3.8, 4) is 5.75 Å². The highest BCUT2D eigenvalue weighted by Crippen LogP contribution is 2.25. The zero-order chi connectivity index (χ0) is 15.3. The van der Waals surface area contributed by atoms with E-state index >= 15 is 0 Å². The van der Waals surface area contributed by atoms with Gasteiger partial charge in [0.15, 0.2) is 0 Å². The molecule has 0 heterocycles. The predicted molar refractivity (Wildman–Crippen MR) is 93.2 cm³/mol. The lowest BCUT2D eigenvalue weighted by molar-refractivity contribution is 0.306. The Bertz CT molecular complexity index is 381. The molecule has 120 valence electrons. The lowest BCUT2D eigenvalue weighted by Crippen LogP contribution is -2.00. The highest BCUT2D eigenvalue weighted by molar-refractivity contribution is 6.30. The normalized spacial score (nSPS) is 10.8. The molecular formula is C18H30ClNO. The van der Waals surface area contributed by atoms with E-state index in [1.807, 2.05) is 0 Å². The van der Waals surface area contributed by atoms with Gasteiger partial charge >= 0.3 is 0 Å². The molecule has 0 saturated carbocycles. The molecule has 0 radical (unpaired) electrons. The van der Waals surface area contributed by atoms with Gasteiger partial charge in [0.05, 0.1) is 12.3 Å². The molecule has 0 unspecified atom stereocenters. The van der Waals surface area contributed by atoms with E-state index in [0.717, 1.165) is 13.0 Å². The van der Waals surface area contributed by atoms with Crippen LogP contribution in [-0.4, -0.2) is 6.61 Å². The molecule has 1 aromatic carbocycles. The summed E-state index contributed by atoms with van der Waals surface area (Å²) in [6, 6.07) is 5.35. The molecule has 0 atom stereocenters. The van der Waals surface area contributed by atoms with Gasteiger partial charge in [-0.3, -0.25) is 0 Å². The SMILES string of the molecule is CCCCCCCCCCCCOc1cc(Cl)ccc1N. The van der Waals surface area contributed by atoms with E-state index in [1.54, 1.807) is 18.2 Å². The first-order valence-corrected chi connectivity index (χ1v) is 8.79. The Hall–Kier alpha value is -0.890. The summed E-state index contributed by atoms with van der Waals surface area (Å²) in [5.74, 6) is 0.707. The molecule has 2 nitrogen and oxygen atoms in total. The van der Waals surface area contributed by atoms with Gasteiger partial charge in [0.1, 0.15) is 5.75 Å². The summed E-state index contributed by atoms with van der Waals surface area (Å²) < 4.78 is 5.68. The minimum atomic E-state index is 0.659. The highest BCUT2D eigenvalue weighted by atomic mass is 35.5. The third-order valence-electron chi connectivity index (χ3n) is 3.73. The molecule has 0 fully saturated rings. The maximum Gasteiger partial charge on any atom is 0.143 e. The molecule has 2 N–H and O–H groups in total. The third kappa shape index (κ3) is 8.87. The van der Waals surface area contributed by atoms with Gasteiger partial charge < -0.3 is 10.5 Å². The van der Waals surface area contributed by atoms with E-state index in [4.69, 9.17) is 22.1 Å². The Morgan fingerprint density at radius 3 is 2.10 bits per heavy atom. The van der Waals surface area contributed by atoms with Crippen LogP contribution in [0.1, 0.15) is 71.1 Å². The first kappa shape index (κ1) is 18.2. The van der Waals surface area contributed by atoms with E-state index in [9.17, 15) is 0 Å². The predicted octanol–water partition coefficient (Wildman–Crippen LogP) is 6.22. The number of unbranched alkanes of at least 4 members (excludes halogenated alkanes) is 9. The second-order valence-corrected chi connectivity index (χ2v) is 6.15. The first-order chi connectivity index (χ1) is 10.2. The summed E-state index contributed by atoms with van der Waals surface area (Å²) in [6.45, 7) is 2.99. The first-order valence-electron chi connectivity index (χ1n) is 8.42. The molecule has 21 heavy (non-hydrogen) atoms. The van der Waals surface area contributed by atoms with Gasteiger partial charge in [-0.25, -0.2) is 0 Å². The molecule has 0 bridgehead atoms. The summed E-state index contributed by atoms with van der Waals surface area (Å²) in [5, 5.41) is 0.669. The monoisotopic (exact) mass is 311 g/mol. The largest absolute Gasteiger partial charge is 0.491 e. The smallest absolute Gasteiger partial charge is 0.143 e. The second kappa shape index (κ2) is 11.7. The van der Waals surface area contributed by atoms with Crippen LogP contribution in [0.2, 0.25) is 5.02 Å². The number of ether oxygens (including phenoxy) is 1. The second-order valence-electron chi connectivity index (χ2n) is 5.71. The number of nitrogen functional groups attached to an aromatic ring is 1. The molecular weight excluding hydrogens is 282 g/mol. The van der Waals surface area contributed by atoms with Crippen LogP contribution in [0, 0.1) is 0 Å². The van der Waals surface area contributed by atoms with Gasteiger partial charge in [-0.15, -0.1) is 0 Å². The Balaban J connectivity index is 1.94. The van der Waals surface area contributed by atoms with Crippen molar-refractivity contribution < 1.29 is 4.74 Å². The molecule has 3 heteroatoms. The van der Waals surface area contributed by atoms with Gasteiger partial charge in [0.25, 0.3) is 0 Å². The minimum absolute atomic E-state index is 0.659. The summed E-state index contributed by atoms with van der Waals surface area (Å²) in [4.78, 5) is 0. The Kier molecular flexibility index (Phi) is 10.1. The van der Waals surface area contributed by atoms with E-state index in [0.29, 0.717) is 16.5 Å². The third-order valence-corrected chi connectivity index (χ3v) is 3.97. The Morgan fingerprint density at radius 2 is 1.48 bits per heavy atom. The fourth-order valence-corrected chi connectivity index (χ4v) is 2.57. The van der Waals surface area contributed by atoms with Crippen molar-refractivity contribution in [2.75, 3.05) is 12.3 Å². The minimum Gasteiger partial charge on any atom is -0.491 e. The molecule has 0 saturated heterocycles. The topological polar surface area (TPSA) is 35.2 Å². The summed E-state index contributed by atoms with van der Waals surface area (Å²) >= 11 is 5.92. The maximum atomic E-state index is 5.92. The van der Waals surface area contributed by atoms with Crippen LogP contribution >= 0.6 is 11.6 Å². The lowest BCUT2D eigenvalue weighted by atomic mass is 10.1. The number of hydrogen-bond acceptors (Lipinski definition) is 2. The molecule has 0 aliphatic heterocycles. The zero-order valence-electron chi connectivity index (χ0n) is 13.4. The van der Waals surface area contributed by atoms with Gasteiger partial charge in [0, 0.05) is 11.1 Å². The van der Waals surface area contributed by atoms with Gasteiger partial charge in [0.2, 0.25) is 0 Å². The quantitative estimate of drug-likeness (QED) is 0.367. The number of anilines is 1. The number of halogens is 1. The lowest BCUT2D eigenvalue weighted by Gasteiger charge is -2.09. The van der Waals surface area contributed by atoms with E-state index < -0.39 is 0 Å². The average molecular weight is 312 g/mol. The molecule has 0 amide bonds. The summed E-state index contributed by atoms with van der Waals surface area (Å²) in [7, 11) is 0. The molecule has 0 aromatic heterocycles. The maximum absolute atomic E-state index is 5.92. The number of rotatable bonds is 12. The van der Waals surface area contributed by atoms with Crippen molar-refractivity contribution in [1.82, 2.24) is 0 Å². The van der Waals surface area contributed by atoms with Crippen molar-refractivity contribution >= 4 is 17.3 Å². The van der Waals surface area contributed by atoms with Crippen molar-refractivity contribution in [3.63, 3.8) is 0 Å². The Morgan fingerprint density at radius 1 is 0.905 bits per heavy atom. The fraction of sp³-hybridized carbons (Fsp3) is 0.667. The summed E-state index contributed by atoms with van der Waals surface area (Å²) in [5.41, 5.74) is 6.49. The fourth-order valence-electron chi connectivity index (χ4n) is 2.40. The standard InChI is InChI=1S/C18H30ClNO/c1-2-3-4-5-6-7-8-9-10-11-14-21-18-15-16(19)12-13-17(18)20/h12-13,15H,2-11,14,20H2,1H3. The van der Waals surface area contributed by atoms with Crippen LogP contribution in [0.4, 0.5) is 5.69 Å². The summed E-state index contributed by atoms with van der Waals surface area (Å²) in [6.07, 6.45) is 13.3. The Labute approximate surface area is 135 Å². The van der Waals surface area contributed by atoms with Crippen LogP contribution in [0.25, 0.3) is 0 Å². The van der Waals surface area contributed by atoms with Crippen molar-refractivity contribution in [1.29, 1.82) is 0 Å². The van der Waals surface area contributed by atoms with Crippen LogP contribution in [-0.2, 0) is 0 Å². The van der Waals surface area contributed by atoms with Crippen LogP contribution in [0.15, 0.2) is 18.2 Å². The number of nitrogens with two attached hydrogens (primary N) is 1. The van der Waals surface area contributed by atoms with Gasteiger partial charge in [-0.05, 0) is 18.6 Å². The zero-order valence-corrected chi connectivity index (χ0v) is 14.1. The van der Waals surface area contributed by atoms with Crippen molar-refractivity contribution in [3.05, 3.63) is 23.2 Å². The van der Waals surface area contributed by atoms with Crippen LogP contribution in [0.5, 0.6) is 5.75 Å². The number of hydrogen-bond donors (Lipinski definition) is 1. The molecule has 0 aliphatic carbocycles. The van der Waals surface area contributed by atoms with E-state index in [2.05, 4.69) is 6.92 Å². The van der Waals surface area contributed by atoms with E-state index in [-0.39, 0.29) is 0 Å². The molecule has 1 aromatic rings. The van der Waals surface area contributed by atoms with Crippen molar-refractivity contribution in [2.24, 2.45) is 0 Å². The number of benzene rings is 1. The average Bonchev–Trinajstić information content (AvgIpc) is 2.48. The van der Waals surface area contributed by atoms with Gasteiger partial charge in [-0.2, -0.15) is 0 Å². The van der Waals surface area contributed by atoms with Crippen LogP contribution < -0.4 is 10.5 Å². The van der Waals surface area contributed by atoms with Crippen molar-refractivity contribution in [2.45, 2.75) is 71.1 Å². The highest BCUT2D eigenvalue weighted by Gasteiger charge is 2.01. The molecule has 1 rings (SSSR count). The molecule has 0 aliphatic rings. The van der Waals surface area contributed by atoms with Gasteiger partial charge in [-0.1, -0.05) is 76.3 Å². The molecule has 0 spiro atoms.